The molecule has 0 amide bonds. The Bertz CT molecular complexity index is 4930. The van der Waals surface area contributed by atoms with E-state index in [-0.39, 0.29) is 96.1 Å². The zero-order chi connectivity index (χ0) is 82.3. The number of aliphatic hydroxyl groups is 4. The van der Waals surface area contributed by atoms with Crippen LogP contribution in [0.4, 0.5) is 39.5 Å². The van der Waals surface area contributed by atoms with E-state index < -0.39 is 90.0 Å². The number of aliphatic hydroxyl groups excluding tert-OH is 3. The van der Waals surface area contributed by atoms with Crippen molar-refractivity contribution in [1.82, 2.24) is 81.2 Å². The molecule has 0 aliphatic carbocycles. The van der Waals surface area contributed by atoms with E-state index in [0.717, 1.165) is 22.7 Å². The first-order valence-corrected chi connectivity index (χ1v) is 41.9. The van der Waals surface area contributed by atoms with Gasteiger partial charge in [0.2, 0.25) is 0 Å². The Balaban J connectivity index is 0.000000127. The van der Waals surface area contributed by atoms with Gasteiger partial charge in [-0.3, -0.25) is 0 Å². The van der Waals surface area contributed by atoms with E-state index >= 15 is 0 Å². The molecule has 4 fully saturated rings. The van der Waals surface area contributed by atoms with Crippen molar-refractivity contribution in [2.45, 2.75) is 225 Å². The molecule has 8 aromatic heterocycles. The Morgan fingerprint density at radius 1 is 0.504 bits per heavy atom. The van der Waals surface area contributed by atoms with E-state index in [2.05, 4.69) is 62.5 Å². The zero-order valence-electron chi connectivity index (χ0n) is 63.0. The van der Waals surface area contributed by atoms with Gasteiger partial charge in [0.05, 0.1) is 147 Å². The fourth-order valence-electron chi connectivity index (χ4n) is 16.8. The maximum atomic E-state index is 14.5. The molecule has 0 bridgehead atoms. The third kappa shape index (κ3) is 18.2. The van der Waals surface area contributed by atoms with E-state index in [1.54, 1.807) is 64.8 Å². The number of halogens is 13. The van der Waals surface area contributed by atoms with Crippen molar-refractivity contribution in [3.63, 3.8) is 0 Å². The number of thiophene rings is 4. The summed E-state index contributed by atoms with van der Waals surface area (Å²) in [6, 6.07) is 9.30. The highest BCUT2D eigenvalue weighted by Crippen LogP contribution is 2.60. The summed E-state index contributed by atoms with van der Waals surface area (Å²) in [6.45, 7) is 9.39. The van der Waals surface area contributed by atoms with Crippen LogP contribution in [0.5, 0.6) is 5.75 Å². The predicted molar refractivity (Wildman–Crippen MR) is 410 cm³/mol. The summed E-state index contributed by atoms with van der Waals surface area (Å²) in [5.41, 5.74) is -1.01. The average Bonchev–Trinajstić information content (AvgIpc) is 1.68. The minimum absolute atomic E-state index is 0.00706. The molecule has 8 aliphatic rings. The van der Waals surface area contributed by atoms with E-state index in [0.29, 0.717) is 136 Å². The molecule has 0 radical (unpaired) electrons. The normalized spacial score (nSPS) is 29.1. The lowest BCUT2D eigenvalue weighted by Crippen LogP contribution is -2.51. The third-order valence-corrected chi connectivity index (χ3v) is 27.3. The van der Waals surface area contributed by atoms with Crippen LogP contribution in [0.1, 0.15) is 187 Å². The van der Waals surface area contributed by atoms with Crippen molar-refractivity contribution in [2.24, 2.45) is 0 Å². The summed E-state index contributed by atoms with van der Waals surface area (Å²) in [6.07, 6.45) is 10.1. The maximum Gasteiger partial charge on any atom is 0.297 e. The van der Waals surface area contributed by atoms with Gasteiger partial charge in [-0.2, -0.15) is 35.1 Å². The molecule has 4 spiro atoms. The molecule has 0 unspecified atom stereocenters. The molecule has 4 saturated heterocycles. The smallest absolute Gasteiger partial charge is 0.297 e. The fourth-order valence-corrected chi connectivity index (χ4v) is 22.6. The zero-order valence-corrected chi connectivity index (χ0v) is 69.3. The highest BCUT2D eigenvalue weighted by Gasteiger charge is 2.59. The quantitative estimate of drug-likeness (QED) is 0.0469. The lowest BCUT2D eigenvalue weighted by molar-refractivity contribution is -0.183. The molecule has 0 saturated carbocycles. The predicted octanol–water partition coefficient (Wildman–Crippen LogP) is 13.6. The average molecular weight is 1770 g/mol. The summed E-state index contributed by atoms with van der Waals surface area (Å²) in [5.74, 6) is -12.5. The summed E-state index contributed by atoms with van der Waals surface area (Å²) >= 11 is 29.0. The number of ether oxygens (including phenoxy) is 5. The summed E-state index contributed by atoms with van der Waals surface area (Å²) in [5, 5.41) is 84.5. The van der Waals surface area contributed by atoms with E-state index in [1.807, 2.05) is 27.7 Å². The van der Waals surface area contributed by atoms with Gasteiger partial charge in [-0.15, -0.1) is 65.7 Å². The van der Waals surface area contributed by atoms with Gasteiger partial charge in [-0.1, -0.05) is 73.3 Å². The van der Waals surface area contributed by atoms with Gasteiger partial charge in [-0.05, 0) is 109 Å². The van der Waals surface area contributed by atoms with E-state index in [4.69, 9.17) is 80.3 Å². The molecule has 13 atom stereocenters. The highest BCUT2D eigenvalue weighted by molar-refractivity contribution is 7.17. The number of hydrogen-bond donors (Lipinski definition) is 8. The van der Waals surface area contributed by atoms with Crippen LogP contribution in [0, 0.1) is 5.82 Å². The van der Waals surface area contributed by atoms with Crippen molar-refractivity contribution in [3.05, 3.63) is 161 Å². The van der Waals surface area contributed by atoms with Crippen LogP contribution < -0.4 is 26.0 Å². The number of hydrogen-bond acceptors (Lipinski definition) is 25. The third-order valence-electron chi connectivity index (χ3n) is 21.5. The van der Waals surface area contributed by atoms with Crippen molar-refractivity contribution < 1.29 is 83.6 Å². The number of rotatable bonds is 14. The van der Waals surface area contributed by atoms with Crippen LogP contribution in [-0.2, 0) is 91.2 Å². The first-order chi connectivity index (χ1) is 54.2. The number of piperidine rings is 4. The minimum Gasteiger partial charge on any atom is -0.494 e. The first-order valence-electron chi connectivity index (χ1n) is 37.1. The second-order valence-corrected chi connectivity index (χ2v) is 38.3. The molecule has 9 aromatic rings. The molecule has 8 N–H and O–H groups in total. The highest BCUT2D eigenvalue weighted by atomic mass is 35.5. The second-order valence-electron chi connectivity index (χ2n) is 31.5. The minimum atomic E-state index is -3.06. The summed E-state index contributed by atoms with van der Waals surface area (Å²) in [4.78, 5) is 1.99. The Kier molecular flexibility index (Phi) is 24.7. The Morgan fingerprint density at radius 2 is 0.826 bits per heavy atom. The standard InChI is InChI=1S/C22H22ClF3N4O2S.C18H23ClF2N4O2S.C17H21ClF2N4O3S.C16H19ClF2N4O2S/c1-12-7-21(20-14(6-19(23)33-20)22(25,26)11-32-21)8-16(27-12)17-10-30(29-28-17)9-13-3-4-18(31-2)15(24)5-13;1-10-5-17(15-11(4-14(19)28-15)18(20,21)9-27-17)6-12(22-10)13-7-25(24-23-13)8-16(2,3)26;1-9-3-16(15-11(2-14(18)28-15)17(19,20)8-27-16)4-12(21-9)13-6-24(23-22-13)5-10(26)7-25;1-9-5-15(6-11(20-9)12-7-23(2-3-24)22-21-12)14-10(4-13(17)26-14)16(18,19)8-25-15/h3-6,10,12,16,27H,7-9,11H2,1-2H3;4,7,10,12,22,26H,5-6,8-9H2,1-3H3;2,6,9-10,12,21,25-26H,3-5,7-8H2,1H3;4,7,9,11,20,24H,2-3,5-6,8H2,1H3/t12-,16-,21-;10-,12-,17-;9-,10+,12-,16-;9-,11-,15-/m0000/s1. The molecule has 17 rings (SSSR count). The SMILES string of the molecule is COc1ccc(Cn2cc([C@@H]3C[C@]4(C[C@H](C)N3)OCC(F)(F)c3cc(Cl)sc34)nn2)cc1F.C[C@H]1C[C@@]2(C[C@@H](c3cn(CC(C)(C)O)nn3)N1)OCC(F)(F)c1cc(Cl)sc12.C[C@H]1C[C@@]2(C[C@@H](c3cn(CCO)nn3)N1)OCC(F)(F)c1cc(Cl)sc12.C[C@H]1C[C@@]2(C[C@@H](c3cn(C[C@@H](O)CO)nn3)N1)OCC(F)(F)c1cc(Cl)sc12. The van der Waals surface area contributed by atoms with Gasteiger partial charge in [0.15, 0.2) is 11.6 Å². The van der Waals surface area contributed by atoms with Crippen LogP contribution >= 0.6 is 91.8 Å². The van der Waals surface area contributed by atoms with Gasteiger partial charge in [0, 0.05) is 91.6 Å². The Hall–Kier alpha value is -5.57. The number of alkyl halides is 8. The van der Waals surface area contributed by atoms with Gasteiger partial charge in [0.1, 0.15) is 48.8 Å². The second kappa shape index (κ2) is 33.1. The number of aromatic nitrogens is 12. The van der Waals surface area contributed by atoms with E-state index in [1.165, 1.54) is 64.8 Å². The van der Waals surface area contributed by atoms with Gasteiger partial charge >= 0.3 is 0 Å². The summed E-state index contributed by atoms with van der Waals surface area (Å²) in [7, 11) is 1.41. The lowest BCUT2D eigenvalue weighted by atomic mass is 9.78. The molecule has 626 valence electrons. The summed E-state index contributed by atoms with van der Waals surface area (Å²) < 4.78 is 165. The van der Waals surface area contributed by atoms with E-state index in [9.17, 15) is 49.7 Å². The van der Waals surface area contributed by atoms with Crippen molar-refractivity contribution >= 4 is 91.8 Å². The topological polar surface area (TPSA) is 298 Å². The lowest BCUT2D eigenvalue weighted by Gasteiger charge is -2.47. The molecular formula is C73H85Cl4F9N16O9S4. The number of methoxy groups -OCH3 is 1. The number of benzene rings is 1. The molecule has 1 aromatic carbocycles. The number of nitrogens with zero attached hydrogens (tertiary/aromatic N) is 12. The molecule has 115 heavy (non-hydrogen) atoms. The monoisotopic (exact) mass is 1770 g/mol. The van der Waals surface area contributed by atoms with Crippen molar-refractivity contribution in [2.75, 3.05) is 46.8 Å². The van der Waals surface area contributed by atoms with Gasteiger partial charge in [-0.25, -0.2) is 23.1 Å². The maximum absolute atomic E-state index is 14.5. The Labute approximate surface area is 690 Å². The molecule has 8 aliphatic heterocycles. The molecule has 25 nitrogen and oxygen atoms in total. The van der Waals surface area contributed by atoms with Crippen molar-refractivity contribution in [1.29, 1.82) is 0 Å². The van der Waals surface area contributed by atoms with Crippen molar-refractivity contribution in [3.8, 4) is 5.75 Å². The molecule has 42 heteroatoms. The first kappa shape index (κ1) is 85.8. The molecular weight excluding hydrogens is 1690 g/mol. The Morgan fingerprint density at radius 3 is 1.16 bits per heavy atom. The largest absolute Gasteiger partial charge is 0.494 e. The van der Waals surface area contributed by atoms with Crippen LogP contribution in [-0.4, -0.2) is 163 Å². The number of fused-ring (bicyclic) bond motifs is 8. The van der Waals surface area contributed by atoms with Crippen LogP contribution in [0.25, 0.3) is 0 Å². The van der Waals surface area contributed by atoms with Gasteiger partial charge in [0.25, 0.3) is 23.7 Å². The number of nitrogens with one attached hydrogen (secondary N) is 4. The molecule has 16 heterocycles. The van der Waals surface area contributed by atoms with Crippen LogP contribution in [0.15, 0.2) is 67.3 Å². The van der Waals surface area contributed by atoms with Crippen LogP contribution in [0.2, 0.25) is 17.3 Å². The van der Waals surface area contributed by atoms with Crippen LogP contribution in [0.3, 0.4) is 0 Å². The van der Waals surface area contributed by atoms with Gasteiger partial charge < -0.3 is 65.4 Å². The fraction of sp³-hybridized carbons (Fsp3) is 0.589.